The predicted molar refractivity (Wildman–Crippen MR) is 91.5 cm³/mol. The molecule has 3 nitrogen and oxygen atoms in total. The Balaban J connectivity index is 1.68. The molecule has 0 aliphatic carbocycles. The summed E-state index contributed by atoms with van der Waals surface area (Å²) in [7, 11) is 0. The molecule has 2 N–H and O–H groups in total. The second kappa shape index (κ2) is 6.41. The highest BCUT2D eigenvalue weighted by Crippen LogP contribution is 2.25. The molecule has 0 saturated heterocycles. The summed E-state index contributed by atoms with van der Waals surface area (Å²) in [5.74, 6) is -0.0322. The molecule has 5 heteroatoms. The fraction of sp³-hybridized carbons (Fsp3) is 0.235. The molecule has 114 valence electrons. The van der Waals surface area contributed by atoms with E-state index in [9.17, 15) is 4.79 Å². The largest absolute Gasteiger partial charge is 0.333 e. The number of nitrogens with two attached hydrogens (primary N) is 1. The summed E-state index contributed by atoms with van der Waals surface area (Å²) in [6, 6.07) is 13.2. The van der Waals surface area contributed by atoms with Crippen molar-refractivity contribution >= 4 is 33.4 Å². The topological polar surface area (TPSA) is 46.3 Å². The lowest BCUT2D eigenvalue weighted by Gasteiger charge is -2.20. The molecule has 0 spiro atoms. The molecular weight excluding hydrogens is 364 g/mol. The minimum atomic E-state index is -0.576. The van der Waals surface area contributed by atoms with Gasteiger partial charge in [-0.25, -0.2) is 0 Å². The van der Waals surface area contributed by atoms with Crippen molar-refractivity contribution in [3.63, 3.8) is 0 Å². The maximum Gasteiger partial charge on any atom is 0.240 e. The monoisotopic (exact) mass is 378 g/mol. The van der Waals surface area contributed by atoms with Crippen LogP contribution in [0, 0.1) is 0 Å². The quantitative estimate of drug-likeness (QED) is 0.887. The summed E-state index contributed by atoms with van der Waals surface area (Å²) in [5, 5.41) is 0.627. The van der Waals surface area contributed by atoms with Gasteiger partial charge < -0.3 is 10.6 Å². The van der Waals surface area contributed by atoms with Gasteiger partial charge in [0, 0.05) is 22.6 Å². The Kier molecular flexibility index (Phi) is 4.52. The number of halogens is 2. The van der Waals surface area contributed by atoms with Crippen molar-refractivity contribution in [1.82, 2.24) is 4.90 Å². The third kappa shape index (κ3) is 3.19. The second-order valence-corrected chi connectivity index (χ2v) is 6.83. The highest BCUT2D eigenvalue weighted by molar-refractivity contribution is 9.10. The van der Waals surface area contributed by atoms with Crippen molar-refractivity contribution in [3.8, 4) is 0 Å². The van der Waals surface area contributed by atoms with Gasteiger partial charge in [0.05, 0.1) is 6.04 Å². The summed E-state index contributed by atoms with van der Waals surface area (Å²) in [6.07, 6.45) is 0.442. The molecule has 1 unspecified atom stereocenters. The van der Waals surface area contributed by atoms with E-state index < -0.39 is 6.04 Å². The molecule has 1 aliphatic rings. The average Bonchev–Trinajstić information content (AvgIpc) is 2.93. The van der Waals surface area contributed by atoms with Gasteiger partial charge in [0.2, 0.25) is 5.91 Å². The first-order valence-corrected chi connectivity index (χ1v) is 8.27. The molecule has 0 bridgehead atoms. The predicted octanol–water partition coefficient (Wildman–Crippen LogP) is 3.51. The van der Waals surface area contributed by atoms with Gasteiger partial charge in [-0.15, -0.1) is 0 Å². The number of fused-ring (bicyclic) bond motifs is 1. The Labute approximate surface area is 143 Å². The smallest absolute Gasteiger partial charge is 0.240 e. The zero-order valence-electron chi connectivity index (χ0n) is 11.9. The normalized spacial score (nSPS) is 14.8. The molecular formula is C17H16BrClN2O. The molecule has 0 saturated carbocycles. The first-order valence-electron chi connectivity index (χ1n) is 7.09. The van der Waals surface area contributed by atoms with Crippen molar-refractivity contribution in [2.75, 3.05) is 0 Å². The first-order chi connectivity index (χ1) is 10.5. The number of benzene rings is 2. The molecule has 3 rings (SSSR count). The van der Waals surface area contributed by atoms with Gasteiger partial charge in [-0.3, -0.25) is 4.79 Å². The molecule has 1 amide bonds. The Morgan fingerprint density at radius 1 is 1.23 bits per heavy atom. The molecule has 2 aromatic carbocycles. The lowest BCUT2D eigenvalue weighted by molar-refractivity contribution is -0.133. The second-order valence-electron chi connectivity index (χ2n) is 5.51. The number of hydrogen-bond donors (Lipinski definition) is 1. The molecule has 1 atom stereocenters. The SMILES string of the molecule is NC(Cc1ccc(Br)cc1Cl)C(=O)N1Cc2ccccc2C1. The number of carbonyl (C=O) groups is 1. The summed E-state index contributed by atoms with van der Waals surface area (Å²) in [4.78, 5) is 14.4. The molecule has 1 heterocycles. The molecule has 0 fully saturated rings. The number of carbonyl (C=O) groups excluding carboxylic acids is 1. The van der Waals surface area contributed by atoms with Gasteiger partial charge >= 0.3 is 0 Å². The minimum absolute atomic E-state index is 0.0322. The first kappa shape index (κ1) is 15.5. The van der Waals surface area contributed by atoms with E-state index in [1.54, 1.807) is 0 Å². The fourth-order valence-corrected chi connectivity index (χ4v) is 3.49. The van der Waals surface area contributed by atoms with Gasteiger partial charge in [-0.05, 0) is 35.2 Å². The number of nitrogens with zero attached hydrogens (tertiary/aromatic N) is 1. The number of amides is 1. The molecule has 22 heavy (non-hydrogen) atoms. The van der Waals surface area contributed by atoms with Crippen molar-refractivity contribution in [2.24, 2.45) is 5.73 Å². The van der Waals surface area contributed by atoms with E-state index in [0.29, 0.717) is 24.5 Å². The third-order valence-corrected chi connectivity index (χ3v) is 4.77. The van der Waals surface area contributed by atoms with Crippen LogP contribution in [0.4, 0.5) is 0 Å². The fourth-order valence-electron chi connectivity index (χ4n) is 2.73. The Hall–Kier alpha value is -1.36. The Bertz CT molecular complexity index is 695. The zero-order valence-corrected chi connectivity index (χ0v) is 14.3. The maximum absolute atomic E-state index is 12.5. The van der Waals surface area contributed by atoms with E-state index in [2.05, 4.69) is 28.1 Å². The average molecular weight is 380 g/mol. The van der Waals surface area contributed by atoms with Crippen molar-refractivity contribution in [1.29, 1.82) is 0 Å². The van der Waals surface area contributed by atoms with E-state index in [0.717, 1.165) is 10.0 Å². The van der Waals surface area contributed by atoms with Gasteiger partial charge in [-0.1, -0.05) is 57.9 Å². The van der Waals surface area contributed by atoms with Crippen LogP contribution in [0.2, 0.25) is 5.02 Å². The van der Waals surface area contributed by atoms with E-state index in [1.807, 2.05) is 35.2 Å². The maximum atomic E-state index is 12.5. The lowest BCUT2D eigenvalue weighted by atomic mass is 10.1. The summed E-state index contributed by atoms with van der Waals surface area (Å²) >= 11 is 9.57. The van der Waals surface area contributed by atoms with Crippen LogP contribution < -0.4 is 5.73 Å². The molecule has 1 aliphatic heterocycles. The van der Waals surface area contributed by atoms with E-state index in [-0.39, 0.29) is 5.91 Å². The van der Waals surface area contributed by atoms with E-state index in [4.69, 9.17) is 17.3 Å². The van der Waals surface area contributed by atoms with Crippen LogP contribution in [0.15, 0.2) is 46.9 Å². The van der Waals surface area contributed by atoms with Crippen LogP contribution in [-0.2, 0) is 24.3 Å². The van der Waals surface area contributed by atoms with Crippen LogP contribution in [0.5, 0.6) is 0 Å². The van der Waals surface area contributed by atoms with Gasteiger partial charge in [0.25, 0.3) is 0 Å². The number of rotatable bonds is 3. The number of hydrogen-bond acceptors (Lipinski definition) is 2. The summed E-state index contributed by atoms with van der Waals surface area (Å²) in [5.41, 5.74) is 9.40. The molecule has 0 aromatic heterocycles. The summed E-state index contributed by atoms with van der Waals surface area (Å²) < 4.78 is 0.913. The minimum Gasteiger partial charge on any atom is -0.333 e. The van der Waals surface area contributed by atoms with Crippen LogP contribution in [0.3, 0.4) is 0 Å². The standard InChI is InChI=1S/C17H16BrClN2O/c18-14-6-5-11(15(19)8-14)7-16(20)17(22)21-9-12-3-1-2-4-13(12)10-21/h1-6,8,16H,7,9-10,20H2. The van der Waals surface area contributed by atoms with Gasteiger partial charge in [-0.2, -0.15) is 0 Å². The van der Waals surface area contributed by atoms with Crippen molar-refractivity contribution in [2.45, 2.75) is 25.6 Å². The third-order valence-electron chi connectivity index (χ3n) is 3.92. The lowest BCUT2D eigenvalue weighted by Crippen LogP contribution is -2.42. The molecule has 0 radical (unpaired) electrons. The van der Waals surface area contributed by atoms with Crippen LogP contribution in [-0.4, -0.2) is 16.8 Å². The van der Waals surface area contributed by atoms with Crippen LogP contribution >= 0.6 is 27.5 Å². The highest BCUT2D eigenvalue weighted by Gasteiger charge is 2.27. The van der Waals surface area contributed by atoms with Crippen LogP contribution in [0.25, 0.3) is 0 Å². The Morgan fingerprint density at radius 2 is 1.86 bits per heavy atom. The summed E-state index contributed by atoms with van der Waals surface area (Å²) in [6.45, 7) is 1.27. The zero-order chi connectivity index (χ0) is 15.7. The van der Waals surface area contributed by atoms with Crippen molar-refractivity contribution < 1.29 is 4.79 Å². The van der Waals surface area contributed by atoms with Crippen LogP contribution in [0.1, 0.15) is 16.7 Å². The Morgan fingerprint density at radius 3 is 2.45 bits per heavy atom. The van der Waals surface area contributed by atoms with Crippen molar-refractivity contribution in [3.05, 3.63) is 68.7 Å². The van der Waals surface area contributed by atoms with Gasteiger partial charge in [0.1, 0.15) is 0 Å². The van der Waals surface area contributed by atoms with E-state index in [1.165, 1.54) is 11.1 Å². The van der Waals surface area contributed by atoms with E-state index >= 15 is 0 Å². The van der Waals surface area contributed by atoms with Gasteiger partial charge in [0.15, 0.2) is 0 Å². The highest BCUT2D eigenvalue weighted by atomic mass is 79.9. The molecule has 2 aromatic rings.